The summed E-state index contributed by atoms with van der Waals surface area (Å²) < 4.78 is 38.4. The van der Waals surface area contributed by atoms with Crippen molar-refractivity contribution in [1.29, 1.82) is 0 Å². The minimum absolute atomic E-state index is 0.0531. The molecule has 19 heavy (non-hydrogen) atoms. The second kappa shape index (κ2) is 5.23. The van der Waals surface area contributed by atoms with Crippen molar-refractivity contribution < 1.29 is 13.2 Å². The lowest BCUT2D eigenvalue weighted by atomic mass is 9.99. The summed E-state index contributed by atoms with van der Waals surface area (Å²) >= 11 is 5.85. The standard InChI is InChI=1S/C14H11ClF3N/c15-13-3-1-2-10(7-13)11-4-9(8-19)5-12(6-11)14(16,17)18/h1-7H,8,19H2. The highest BCUT2D eigenvalue weighted by Gasteiger charge is 2.31. The summed E-state index contributed by atoms with van der Waals surface area (Å²) in [4.78, 5) is 0. The lowest BCUT2D eigenvalue weighted by Gasteiger charge is -2.12. The number of halogens is 4. The maximum absolute atomic E-state index is 12.8. The van der Waals surface area contributed by atoms with E-state index in [0.717, 1.165) is 12.1 Å². The summed E-state index contributed by atoms with van der Waals surface area (Å²) in [6.45, 7) is 0.0531. The minimum atomic E-state index is -4.39. The third-order valence-electron chi connectivity index (χ3n) is 2.71. The molecular formula is C14H11ClF3N. The van der Waals surface area contributed by atoms with Gasteiger partial charge in [0, 0.05) is 11.6 Å². The van der Waals surface area contributed by atoms with Crippen molar-refractivity contribution in [2.75, 3.05) is 0 Å². The van der Waals surface area contributed by atoms with Crippen LogP contribution in [0, 0.1) is 0 Å². The van der Waals surface area contributed by atoms with Crippen molar-refractivity contribution in [3.63, 3.8) is 0 Å². The van der Waals surface area contributed by atoms with Crippen LogP contribution in [-0.4, -0.2) is 0 Å². The zero-order valence-electron chi connectivity index (χ0n) is 9.84. The van der Waals surface area contributed by atoms with E-state index in [1.54, 1.807) is 30.3 Å². The highest BCUT2D eigenvalue weighted by molar-refractivity contribution is 6.30. The molecule has 2 aromatic rings. The molecule has 100 valence electrons. The van der Waals surface area contributed by atoms with E-state index in [9.17, 15) is 13.2 Å². The monoisotopic (exact) mass is 285 g/mol. The van der Waals surface area contributed by atoms with Crippen molar-refractivity contribution in [3.05, 3.63) is 58.6 Å². The van der Waals surface area contributed by atoms with Gasteiger partial charge in [0.2, 0.25) is 0 Å². The van der Waals surface area contributed by atoms with E-state index in [4.69, 9.17) is 17.3 Å². The van der Waals surface area contributed by atoms with Gasteiger partial charge in [0.25, 0.3) is 0 Å². The van der Waals surface area contributed by atoms with Gasteiger partial charge < -0.3 is 5.73 Å². The van der Waals surface area contributed by atoms with Crippen LogP contribution in [0.1, 0.15) is 11.1 Å². The Kier molecular flexibility index (Phi) is 3.83. The summed E-state index contributed by atoms with van der Waals surface area (Å²) in [6.07, 6.45) is -4.39. The summed E-state index contributed by atoms with van der Waals surface area (Å²) in [7, 11) is 0. The molecule has 0 bridgehead atoms. The van der Waals surface area contributed by atoms with Crippen LogP contribution in [0.15, 0.2) is 42.5 Å². The lowest BCUT2D eigenvalue weighted by molar-refractivity contribution is -0.137. The predicted molar refractivity (Wildman–Crippen MR) is 69.8 cm³/mol. The Morgan fingerprint density at radius 3 is 2.32 bits per heavy atom. The highest BCUT2D eigenvalue weighted by Crippen LogP contribution is 2.33. The lowest BCUT2D eigenvalue weighted by Crippen LogP contribution is -2.07. The molecule has 0 aliphatic rings. The van der Waals surface area contributed by atoms with Gasteiger partial charge in [-0.2, -0.15) is 13.2 Å². The fourth-order valence-electron chi connectivity index (χ4n) is 1.81. The van der Waals surface area contributed by atoms with E-state index >= 15 is 0 Å². The fraction of sp³-hybridized carbons (Fsp3) is 0.143. The molecule has 0 unspecified atom stereocenters. The molecule has 0 heterocycles. The molecule has 2 N–H and O–H groups in total. The molecule has 0 spiro atoms. The van der Waals surface area contributed by atoms with Gasteiger partial charge in [0.1, 0.15) is 0 Å². The van der Waals surface area contributed by atoms with Gasteiger partial charge in [-0.1, -0.05) is 23.7 Å². The minimum Gasteiger partial charge on any atom is -0.326 e. The Morgan fingerprint density at radius 2 is 1.74 bits per heavy atom. The van der Waals surface area contributed by atoms with Crippen LogP contribution in [0.5, 0.6) is 0 Å². The van der Waals surface area contributed by atoms with Crippen molar-refractivity contribution in [1.82, 2.24) is 0 Å². The second-order valence-corrected chi connectivity index (χ2v) is 4.57. The van der Waals surface area contributed by atoms with E-state index in [2.05, 4.69) is 0 Å². The van der Waals surface area contributed by atoms with E-state index in [0.29, 0.717) is 21.7 Å². The van der Waals surface area contributed by atoms with Gasteiger partial charge in [-0.25, -0.2) is 0 Å². The molecule has 0 amide bonds. The number of hydrogen-bond acceptors (Lipinski definition) is 1. The molecule has 0 fully saturated rings. The Bertz CT molecular complexity index is 593. The Labute approximate surface area is 113 Å². The number of rotatable bonds is 2. The summed E-state index contributed by atoms with van der Waals surface area (Å²) in [5.74, 6) is 0. The SMILES string of the molecule is NCc1cc(-c2cccc(Cl)c2)cc(C(F)(F)F)c1. The van der Waals surface area contributed by atoms with E-state index in [1.807, 2.05) is 0 Å². The summed E-state index contributed by atoms with van der Waals surface area (Å²) in [5, 5.41) is 0.476. The van der Waals surface area contributed by atoms with E-state index < -0.39 is 11.7 Å². The molecule has 5 heteroatoms. The Hall–Kier alpha value is -1.52. The normalized spacial score (nSPS) is 11.6. The molecule has 2 aromatic carbocycles. The van der Waals surface area contributed by atoms with Crippen molar-refractivity contribution >= 4 is 11.6 Å². The Morgan fingerprint density at radius 1 is 1.00 bits per heavy atom. The van der Waals surface area contributed by atoms with Crippen LogP contribution in [0.3, 0.4) is 0 Å². The molecule has 0 atom stereocenters. The molecule has 0 saturated heterocycles. The first-order valence-electron chi connectivity index (χ1n) is 5.57. The van der Waals surface area contributed by atoms with Gasteiger partial charge in [0.15, 0.2) is 0 Å². The van der Waals surface area contributed by atoms with Gasteiger partial charge in [-0.3, -0.25) is 0 Å². The van der Waals surface area contributed by atoms with Crippen LogP contribution in [0.25, 0.3) is 11.1 Å². The van der Waals surface area contributed by atoms with E-state index in [1.165, 1.54) is 0 Å². The van der Waals surface area contributed by atoms with Crippen LogP contribution >= 0.6 is 11.6 Å². The summed E-state index contributed by atoms with van der Waals surface area (Å²) in [5.41, 5.74) is 6.27. The Balaban J connectivity index is 2.57. The van der Waals surface area contributed by atoms with Crippen LogP contribution < -0.4 is 5.73 Å². The first-order valence-corrected chi connectivity index (χ1v) is 5.95. The van der Waals surface area contributed by atoms with Crippen LogP contribution in [-0.2, 0) is 12.7 Å². The molecular weight excluding hydrogens is 275 g/mol. The second-order valence-electron chi connectivity index (χ2n) is 4.13. The smallest absolute Gasteiger partial charge is 0.326 e. The summed E-state index contributed by atoms with van der Waals surface area (Å²) in [6, 6.07) is 10.5. The van der Waals surface area contributed by atoms with Crippen molar-refractivity contribution in [3.8, 4) is 11.1 Å². The largest absolute Gasteiger partial charge is 0.416 e. The predicted octanol–water partition coefficient (Wildman–Crippen LogP) is 4.48. The maximum Gasteiger partial charge on any atom is 0.416 e. The third kappa shape index (κ3) is 3.28. The van der Waals surface area contributed by atoms with Gasteiger partial charge in [-0.15, -0.1) is 0 Å². The average Bonchev–Trinajstić information content (AvgIpc) is 2.37. The quantitative estimate of drug-likeness (QED) is 0.865. The van der Waals surface area contributed by atoms with Crippen LogP contribution in [0.2, 0.25) is 5.02 Å². The number of nitrogens with two attached hydrogens (primary N) is 1. The van der Waals surface area contributed by atoms with Gasteiger partial charge in [0.05, 0.1) is 5.56 Å². The number of benzene rings is 2. The van der Waals surface area contributed by atoms with Gasteiger partial charge >= 0.3 is 6.18 Å². The third-order valence-corrected chi connectivity index (χ3v) is 2.95. The number of alkyl halides is 3. The zero-order valence-corrected chi connectivity index (χ0v) is 10.6. The molecule has 1 nitrogen and oxygen atoms in total. The first-order chi connectivity index (χ1) is 8.90. The molecule has 0 aliphatic carbocycles. The highest BCUT2D eigenvalue weighted by atomic mass is 35.5. The fourth-order valence-corrected chi connectivity index (χ4v) is 2.00. The average molecular weight is 286 g/mol. The number of hydrogen-bond donors (Lipinski definition) is 1. The molecule has 0 radical (unpaired) electrons. The van der Waals surface area contributed by atoms with Crippen molar-refractivity contribution in [2.45, 2.75) is 12.7 Å². The topological polar surface area (TPSA) is 26.0 Å². The van der Waals surface area contributed by atoms with Crippen LogP contribution in [0.4, 0.5) is 13.2 Å². The molecule has 0 aliphatic heterocycles. The zero-order chi connectivity index (χ0) is 14.0. The van der Waals surface area contributed by atoms with E-state index in [-0.39, 0.29) is 6.54 Å². The molecule has 2 rings (SSSR count). The first kappa shape index (κ1) is 13.9. The van der Waals surface area contributed by atoms with Gasteiger partial charge in [-0.05, 0) is 47.0 Å². The molecule has 0 saturated carbocycles. The van der Waals surface area contributed by atoms with Crippen molar-refractivity contribution in [2.24, 2.45) is 5.73 Å². The maximum atomic E-state index is 12.8. The molecule has 0 aromatic heterocycles.